The van der Waals surface area contributed by atoms with Crippen molar-refractivity contribution in [1.29, 1.82) is 0 Å². The average molecular weight is 304 g/mol. The molecule has 1 aliphatic heterocycles. The van der Waals surface area contributed by atoms with Gasteiger partial charge in [0.2, 0.25) is 0 Å². The van der Waals surface area contributed by atoms with Crippen molar-refractivity contribution < 1.29 is 0 Å². The van der Waals surface area contributed by atoms with Gasteiger partial charge in [-0.15, -0.1) is 11.8 Å². The van der Waals surface area contributed by atoms with Crippen LogP contribution in [0.1, 0.15) is 5.56 Å². The molecule has 3 heteroatoms. The summed E-state index contributed by atoms with van der Waals surface area (Å²) in [5.74, 6) is 0.938. The first-order chi connectivity index (χ1) is 8.33. The third-order valence-electron chi connectivity index (χ3n) is 2.64. The Morgan fingerprint density at radius 3 is 2.82 bits per heavy atom. The maximum absolute atomic E-state index is 4.73. The predicted molar refractivity (Wildman–Crippen MR) is 77.5 cm³/mol. The number of halogens is 1. The van der Waals surface area contributed by atoms with E-state index >= 15 is 0 Å². The Kier molecular flexibility index (Phi) is 3.04. The van der Waals surface area contributed by atoms with Crippen molar-refractivity contribution in [2.24, 2.45) is 4.99 Å². The molecule has 0 amide bonds. The second-order valence-corrected chi connectivity index (χ2v) is 5.76. The van der Waals surface area contributed by atoms with Gasteiger partial charge in [0.15, 0.2) is 0 Å². The summed E-state index contributed by atoms with van der Waals surface area (Å²) in [4.78, 5) is 6.00. The summed E-state index contributed by atoms with van der Waals surface area (Å²) < 4.78 is 1.10. The fourth-order valence-corrected chi connectivity index (χ4v) is 3.17. The Hall–Kier alpha value is -1.06. The van der Waals surface area contributed by atoms with Crippen LogP contribution in [0.3, 0.4) is 0 Å². The molecule has 0 bridgehead atoms. The zero-order valence-electron chi connectivity index (χ0n) is 9.06. The highest BCUT2D eigenvalue weighted by molar-refractivity contribution is 9.10. The van der Waals surface area contributed by atoms with Crippen molar-refractivity contribution in [3.8, 4) is 0 Å². The average Bonchev–Trinajstić information content (AvgIpc) is 2.38. The lowest BCUT2D eigenvalue weighted by molar-refractivity contribution is 1.34. The highest BCUT2D eigenvalue weighted by atomic mass is 79.9. The number of benzene rings is 2. The number of rotatable bonds is 1. The number of thioether (sulfide) groups is 1. The van der Waals surface area contributed by atoms with E-state index < -0.39 is 0 Å². The number of aliphatic imine (C=N–C) groups is 1. The van der Waals surface area contributed by atoms with Gasteiger partial charge in [-0.05, 0) is 29.8 Å². The van der Waals surface area contributed by atoms with Gasteiger partial charge in [0.1, 0.15) is 0 Å². The van der Waals surface area contributed by atoms with E-state index in [1.165, 1.54) is 10.5 Å². The van der Waals surface area contributed by atoms with Gasteiger partial charge in [0.05, 0.1) is 11.4 Å². The fourth-order valence-electron chi connectivity index (χ4n) is 1.81. The zero-order chi connectivity index (χ0) is 11.7. The van der Waals surface area contributed by atoms with E-state index in [0.717, 1.165) is 21.6 Å². The lowest BCUT2D eigenvalue weighted by Crippen LogP contribution is -2.07. The topological polar surface area (TPSA) is 12.4 Å². The summed E-state index contributed by atoms with van der Waals surface area (Å²) in [5.41, 5.74) is 3.43. The lowest BCUT2D eigenvalue weighted by atomic mass is 10.1. The molecule has 3 rings (SSSR count). The van der Waals surface area contributed by atoms with Gasteiger partial charge in [-0.25, -0.2) is 0 Å². The lowest BCUT2D eigenvalue weighted by Gasteiger charge is -2.15. The number of hydrogen-bond acceptors (Lipinski definition) is 2. The van der Waals surface area contributed by atoms with Crippen LogP contribution in [0.25, 0.3) is 0 Å². The Morgan fingerprint density at radius 1 is 1.06 bits per heavy atom. The summed E-state index contributed by atoms with van der Waals surface area (Å²) >= 11 is 5.35. The van der Waals surface area contributed by atoms with E-state index in [9.17, 15) is 0 Å². The van der Waals surface area contributed by atoms with Gasteiger partial charge in [-0.1, -0.05) is 40.2 Å². The summed E-state index contributed by atoms with van der Waals surface area (Å²) in [6.07, 6.45) is 0. The standard InChI is InChI=1S/C14H10BrNS/c15-11-5-3-4-10(8-11)13-9-17-14-7-2-1-6-12(14)16-13/h1-8H,9H2. The van der Waals surface area contributed by atoms with Gasteiger partial charge in [0.25, 0.3) is 0 Å². The third kappa shape index (κ3) is 2.31. The Balaban J connectivity index is 2.04. The molecule has 1 aliphatic rings. The molecular weight excluding hydrogens is 294 g/mol. The first-order valence-corrected chi connectivity index (χ1v) is 7.16. The molecular formula is C14H10BrNS. The highest BCUT2D eigenvalue weighted by Crippen LogP contribution is 2.34. The number of hydrogen-bond donors (Lipinski definition) is 0. The zero-order valence-corrected chi connectivity index (χ0v) is 11.5. The molecule has 17 heavy (non-hydrogen) atoms. The van der Waals surface area contributed by atoms with Crippen molar-refractivity contribution in [3.05, 3.63) is 58.6 Å². The molecule has 1 heterocycles. The van der Waals surface area contributed by atoms with Crippen LogP contribution in [0, 0.1) is 0 Å². The SMILES string of the molecule is Brc1cccc(C2=Nc3ccccc3SC2)c1. The van der Waals surface area contributed by atoms with E-state index in [-0.39, 0.29) is 0 Å². The van der Waals surface area contributed by atoms with E-state index in [0.29, 0.717) is 0 Å². The number of para-hydroxylation sites is 1. The Morgan fingerprint density at radius 2 is 1.94 bits per heavy atom. The molecule has 0 N–H and O–H groups in total. The summed E-state index contributed by atoms with van der Waals surface area (Å²) in [6.45, 7) is 0. The smallest absolute Gasteiger partial charge is 0.0769 e. The molecule has 0 radical (unpaired) electrons. The van der Waals surface area contributed by atoms with E-state index in [1.54, 1.807) is 0 Å². The first-order valence-electron chi connectivity index (χ1n) is 5.38. The molecule has 1 nitrogen and oxygen atoms in total. The highest BCUT2D eigenvalue weighted by Gasteiger charge is 2.13. The molecule has 2 aromatic carbocycles. The van der Waals surface area contributed by atoms with Crippen LogP contribution >= 0.6 is 27.7 Å². The van der Waals surface area contributed by atoms with Crippen molar-refractivity contribution in [2.45, 2.75) is 4.90 Å². The summed E-state index contributed by atoms with van der Waals surface area (Å²) in [6, 6.07) is 16.6. The van der Waals surface area contributed by atoms with Crippen LogP contribution < -0.4 is 0 Å². The van der Waals surface area contributed by atoms with Crippen LogP contribution in [0.15, 0.2) is 62.9 Å². The van der Waals surface area contributed by atoms with Crippen LogP contribution in [0.5, 0.6) is 0 Å². The third-order valence-corrected chi connectivity index (χ3v) is 4.21. The van der Waals surface area contributed by atoms with Gasteiger partial charge in [0, 0.05) is 15.1 Å². The maximum Gasteiger partial charge on any atom is 0.0769 e. The number of fused-ring (bicyclic) bond motifs is 1. The van der Waals surface area contributed by atoms with Crippen molar-refractivity contribution in [3.63, 3.8) is 0 Å². The molecule has 0 saturated heterocycles. The quantitative estimate of drug-likeness (QED) is 0.745. The molecule has 0 aromatic heterocycles. The molecule has 0 spiro atoms. The van der Waals surface area contributed by atoms with Gasteiger partial charge in [-0.3, -0.25) is 4.99 Å². The molecule has 84 valence electrons. The summed E-state index contributed by atoms with van der Waals surface area (Å²) in [5, 5.41) is 0. The van der Waals surface area contributed by atoms with Crippen molar-refractivity contribution in [2.75, 3.05) is 5.75 Å². The minimum absolute atomic E-state index is 0.938. The molecule has 0 unspecified atom stereocenters. The largest absolute Gasteiger partial charge is 0.251 e. The minimum atomic E-state index is 0.938. The normalized spacial score (nSPS) is 14.1. The minimum Gasteiger partial charge on any atom is -0.251 e. The number of nitrogens with zero attached hydrogens (tertiary/aromatic N) is 1. The fraction of sp³-hybridized carbons (Fsp3) is 0.0714. The van der Waals surface area contributed by atoms with Crippen LogP contribution in [0.4, 0.5) is 5.69 Å². The molecule has 0 atom stereocenters. The van der Waals surface area contributed by atoms with Gasteiger partial charge in [-0.2, -0.15) is 0 Å². The second-order valence-electron chi connectivity index (χ2n) is 3.83. The Labute approximate surface area is 113 Å². The summed E-state index contributed by atoms with van der Waals surface area (Å²) in [7, 11) is 0. The van der Waals surface area contributed by atoms with Crippen LogP contribution in [-0.4, -0.2) is 11.5 Å². The van der Waals surface area contributed by atoms with Crippen LogP contribution in [-0.2, 0) is 0 Å². The van der Waals surface area contributed by atoms with E-state index in [4.69, 9.17) is 4.99 Å². The van der Waals surface area contributed by atoms with E-state index in [2.05, 4.69) is 46.3 Å². The maximum atomic E-state index is 4.73. The van der Waals surface area contributed by atoms with E-state index in [1.807, 2.05) is 30.0 Å². The molecule has 0 aliphatic carbocycles. The van der Waals surface area contributed by atoms with Crippen molar-refractivity contribution >= 4 is 39.1 Å². The predicted octanol–water partition coefficient (Wildman–Crippen LogP) is 4.68. The molecule has 0 fully saturated rings. The monoisotopic (exact) mass is 303 g/mol. The van der Waals surface area contributed by atoms with Crippen molar-refractivity contribution in [1.82, 2.24) is 0 Å². The van der Waals surface area contributed by atoms with Crippen LogP contribution in [0.2, 0.25) is 0 Å². The molecule has 0 saturated carbocycles. The first kappa shape index (κ1) is 11.1. The molecule has 2 aromatic rings. The van der Waals surface area contributed by atoms with Gasteiger partial charge < -0.3 is 0 Å². The second kappa shape index (κ2) is 4.67. The van der Waals surface area contributed by atoms with Gasteiger partial charge >= 0.3 is 0 Å². The Bertz CT molecular complexity index is 592.